The van der Waals surface area contributed by atoms with Gasteiger partial charge < -0.3 is 10.0 Å². The number of rotatable bonds is 6. The molecule has 1 aliphatic heterocycles. The SMILES string of the molecule is CCSCCCN1CCC(C)(C(=O)O)CC1. The van der Waals surface area contributed by atoms with Crippen molar-refractivity contribution in [3.05, 3.63) is 0 Å². The Bertz CT molecular complexity index is 225. The maximum Gasteiger partial charge on any atom is 0.309 e. The predicted molar refractivity (Wildman–Crippen MR) is 69.0 cm³/mol. The highest BCUT2D eigenvalue weighted by Crippen LogP contribution is 2.30. The van der Waals surface area contributed by atoms with Crippen LogP contribution in [0.2, 0.25) is 0 Å². The molecular weight excluding hydrogens is 222 g/mol. The molecule has 0 amide bonds. The van der Waals surface area contributed by atoms with Gasteiger partial charge in [-0.2, -0.15) is 11.8 Å². The Morgan fingerprint density at radius 2 is 2.06 bits per heavy atom. The van der Waals surface area contributed by atoms with E-state index in [0.29, 0.717) is 0 Å². The molecule has 1 saturated heterocycles. The fraction of sp³-hybridized carbons (Fsp3) is 0.917. The van der Waals surface area contributed by atoms with Crippen LogP contribution in [-0.4, -0.2) is 47.1 Å². The molecule has 16 heavy (non-hydrogen) atoms. The van der Waals surface area contributed by atoms with Gasteiger partial charge in [-0.25, -0.2) is 0 Å². The fourth-order valence-electron chi connectivity index (χ4n) is 2.02. The van der Waals surface area contributed by atoms with E-state index in [1.54, 1.807) is 0 Å². The summed E-state index contributed by atoms with van der Waals surface area (Å²) in [5.41, 5.74) is -0.478. The maximum atomic E-state index is 11.1. The highest BCUT2D eigenvalue weighted by Gasteiger charge is 2.36. The molecule has 1 N–H and O–H groups in total. The fourth-order valence-corrected chi connectivity index (χ4v) is 2.64. The molecule has 3 nitrogen and oxygen atoms in total. The van der Waals surface area contributed by atoms with E-state index in [4.69, 9.17) is 5.11 Å². The third-order valence-electron chi connectivity index (χ3n) is 3.44. The number of hydrogen-bond acceptors (Lipinski definition) is 3. The lowest BCUT2D eigenvalue weighted by atomic mass is 9.80. The molecule has 4 heteroatoms. The first-order valence-electron chi connectivity index (χ1n) is 6.12. The molecule has 94 valence electrons. The summed E-state index contributed by atoms with van der Waals surface area (Å²) >= 11 is 1.98. The summed E-state index contributed by atoms with van der Waals surface area (Å²) in [6.45, 7) is 7.07. The van der Waals surface area contributed by atoms with E-state index in [-0.39, 0.29) is 0 Å². The van der Waals surface area contributed by atoms with Gasteiger partial charge in [0.15, 0.2) is 0 Å². The van der Waals surface area contributed by atoms with E-state index < -0.39 is 11.4 Å². The molecule has 0 radical (unpaired) electrons. The molecule has 0 unspecified atom stereocenters. The summed E-state index contributed by atoms with van der Waals surface area (Å²) < 4.78 is 0. The maximum absolute atomic E-state index is 11.1. The number of carboxylic acids is 1. The van der Waals surface area contributed by atoms with Crippen LogP contribution in [0.5, 0.6) is 0 Å². The summed E-state index contributed by atoms with van der Waals surface area (Å²) in [5.74, 6) is 1.79. The van der Waals surface area contributed by atoms with E-state index in [0.717, 1.165) is 32.5 Å². The second kappa shape index (κ2) is 6.50. The first-order chi connectivity index (χ1) is 7.58. The van der Waals surface area contributed by atoms with E-state index in [2.05, 4.69) is 11.8 Å². The number of carbonyl (C=O) groups is 1. The molecule has 1 fully saturated rings. The third-order valence-corrected chi connectivity index (χ3v) is 4.43. The molecule has 0 atom stereocenters. The van der Waals surface area contributed by atoms with Crippen LogP contribution in [0.3, 0.4) is 0 Å². The number of carboxylic acid groups (broad SMARTS) is 1. The van der Waals surface area contributed by atoms with Crippen molar-refractivity contribution in [2.75, 3.05) is 31.1 Å². The first-order valence-corrected chi connectivity index (χ1v) is 7.27. The summed E-state index contributed by atoms with van der Waals surface area (Å²) in [6.07, 6.45) is 2.81. The van der Waals surface area contributed by atoms with Gasteiger partial charge in [0.25, 0.3) is 0 Å². The van der Waals surface area contributed by atoms with E-state index >= 15 is 0 Å². The Morgan fingerprint density at radius 1 is 1.44 bits per heavy atom. The molecule has 0 aromatic heterocycles. The second-order valence-corrected chi connectivity index (χ2v) is 6.15. The van der Waals surface area contributed by atoms with Crippen molar-refractivity contribution in [3.63, 3.8) is 0 Å². The number of hydrogen-bond donors (Lipinski definition) is 1. The third kappa shape index (κ3) is 3.98. The van der Waals surface area contributed by atoms with Crippen molar-refractivity contribution in [1.29, 1.82) is 0 Å². The highest BCUT2D eigenvalue weighted by atomic mass is 32.2. The smallest absolute Gasteiger partial charge is 0.309 e. The van der Waals surface area contributed by atoms with Crippen molar-refractivity contribution in [3.8, 4) is 0 Å². The summed E-state index contributed by atoms with van der Waals surface area (Å²) in [4.78, 5) is 13.5. The Hall–Kier alpha value is -0.220. The zero-order chi connectivity index (χ0) is 12.0. The minimum absolute atomic E-state index is 0.478. The Morgan fingerprint density at radius 3 is 2.56 bits per heavy atom. The minimum atomic E-state index is -0.631. The van der Waals surface area contributed by atoms with Crippen molar-refractivity contribution in [2.45, 2.75) is 33.1 Å². The normalized spacial score (nSPS) is 20.9. The van der Waals surface area contributed by atoms with Gasteiger partial charge in [-0.05, 0) is 57.3 Å². The van der Waals surface area contributed by atoms with Gasteiger partial charge in [0.05, 0.1) is 5.41 Å². The van der Waals surface area contributed by atoms with Crippen LogP contribution in [0.25, 0.3) is 0 Å². The Labute approximate surface area is 103 Å². The van der Waals surface area contributed by atoms with E-state index in [9.17, 15) is 4.79 Å². The topological polar surface area (TPSA) is 40.5 Å². The Balaban J connectivity index is 2.19. The summed E-state index contributed by atoms with van der Waals surface area (Å²) in [7, 11) is 0. The van der Waals surface area contributed by atoms with Crippen LogP contribution in [-0.2, 0) is 4.79 Å². The van der Waals surface area contributed by atoms with E-state index in [1.807, 2.05) is 18.7 Å². The number of thioether (sulfide) groups is 1. The average molecular weight is 245 g/mol. The molecule has 0 bridgehead atoms. The lowest BCUT2D eigenvalue weighted by molar-refractivity contribution is -0.150. The van der Waals surface area contributed by atoms with Crippen LogP contribution in [0.15, 0.2) is 0 Å². The van der Waals surface area contributed by atoms with Gasteiger partial charge in [-0.1, -0.05) is 6.92 Å². The molecule has 0 aromatic carbocycles. The lowest BCUT2D eigenvalue weighted by Crippen LogP contribution is -2.43. The zero-order valence-electron chi connectivity index (χ0n) is 10.4. The number of aliphatic carboxylic acids is 1. The molecule has 1 heterocycles. The van der Waals surface area contributed by atoms with Gasteiger partial charge in [-0.15, -0.1) is 0 Å². The number of piperidine rings is 1. The molecule has 0 aliphatic carbocycles. The number of likely N-dealkylation sites (tertiary alicyclic amines) is 1. The first kappa shape index (κ1) is 13.8. The average Bonchev–Trinajstić information content (AvgIpc) is 2.27. The molecule has 1 rings (SSSR count). The quantitative estimate of drug-likeness (QED) is 0.729. The molecule has 1 aliphatic rings. The highest BCUT2D eigenvalue weighted by molar-refractivity contribution is 7.99. The molecular formula is C12H23NO2S. The molecule has 0 saturated carbocycles. The van der Waals surface area contributed by atoms with Gasteiger partial charge in [0.2, 0.25) is 0 Å². The van der Waals surface area contributed by atoms with Crippen LogP contribution in [0.4, 0.5) is 0 Å². The van der Waals surface area contributed by atoms with Gasteiger partial charge in [0, 0.05) is 0 Å². The largest absolute Gasteiger partial charge is 0.481 e. The predicted octanol–water partition coefficient (Wildman–Crippen LogP) is 2.32. The summed E-state index contributed by atoms with van der Waals surface area (Å²) in [5, 5.41) is 9.11. The second-order valence-electron chi connectivity index (χ2n) is 4.76. The molecule has 0 aromatic rings. The van der Waals surface area contributed by atoms with Gasteiger partial charge in [-0.3, -0.25) is 4.79 Å². The van der Waals surface area contributed by atoms with Crippen LogP contribution < -0.4 is 0 Å². The van der Waals surface area contributed by atoms with Gasteiger partial charge in [0.1, 0.15) is 0 Å². The van der Waals surface area contributed by atoms with Gasteiger partial charge >= 0.3 is 5.97 Å². The van der Waals surface area contributed by atoms with Crippen molar-refractivity contribution < 1.29 is 9.90 Å². The lowest BCUT2D eigenvalue weighted by Gasteiger charge is -2.36. The minimum Gasteiger partial charge on any atom is -0.481 e. The van der Waals surface area contributed by atoms with Crippen LogP contribution >= 0.6 is 11.8 Å². The van der Waals surface area contributed by atoms with Crippen molar-refractivity contribution in [2.24, 2.45) is 5.41 Å². The van der Waals surface area contributed by atoms with E-state index in [1.165, 1.54) is 17.9 Å². The zero-order valence-corrected chi connectivity index (χ0v) is 11.2. The molecule has 0 spiro atoms. The van der Waals surface area contributed by atoms with Crippen LogP contribution in [0, 0.1) is 5.41 Å². The summed E-state index contributed by atoms with van der Waals surface area (Å²) in [6, 6.07) is 0. The van der Waals surface area contributed by atoms with Crippen LogP contribution in [0.1, 0.15) is 33.1 Å². The van der Waals surface area contributed by atoms with Crippen molar-refractivity contribution in [1.82, 2.24) is 4.90 Å². The van der Waals surface area contributed by atoms with Crippen molar-refractivity contribution >= 4 is 17.7 Å². The standard InChI is InChI=1S/C12H23NO2S/c1-3-16-10-4-7-13-8-5-12(2,6-9-13)11(14)15/h3-10H2,1-2H3,(H,14,15). The monoisotopic (exact) mass is 245 g/mol. The Kier molecular flexibility index (Phi) is 5.62. The number of nitrogens with zero attached hydrogens (tertiary/aromatic N) is 1.